The van der Waals surface area contributed by atoms with Gasteiger partial charge in [0, 0.05) is 6.54 Å². The van der Waals surface area contributed by atoms with Crippen LogP contribution in [0.4, 0.5) is 13.2 Å². The van der Waals surface area contributed by atoms with E-state index in [0.29, 0.717) is 12.2 Å². The predicted octanol–water partition coefficient (Wildman–Crippen LogP) is 2.24. The maximum Gasteiger partial charge on any atom is 0.391 e. The summed E-state index contributed by atoms with van der Waals surface area (Å²) in [5, 5.41) is 18.0. The van der Waals surface area contributed by atoms with Crippen LogP contribution in [0.25, 0.3) is 0 Å². The maximum absolute atomic E-state index is 12.6. The standard InChI is InChI=1S/C11H16F3N3O/c1-2-17-9(7-15-16-17)10(18)5-3-8(4-6-10)11(12,13)14/h7-8,18H,2-6H2,1H3. The molecule has 1 N–H and O–H groups in total. The van der Waals surface area contributed by atoms with Crippen molar-refractivity contribution in [3.63, 3.8) is 0 Å². The molecule has 2 rings (SSSR count). The Hall–Kier alpha value is -1.11. The van der Waals surface area contributed by atoms with Crippen LogP contribution in [-0.4, -0.2) is 26.3 Å². The van der Waals surface area contributed by atoms with Gasteiger partial charge in [-0.1, -0.05) is 5.21 Å². The molecule has 0 spiro atoms. The largest absolute Gasteiger partial charge is 0.391 e. The summed E-state index contributed by atoms with van der Waals surface area (Å²) >= 11 is 0. The summed E-state index contributed by atoms with van der Waals surface area (Å²) in [6.07, 6.45) is -2.61. The number of aromatic nitrogens is 3. The summed E-state index contributed by atoms with van der Waals surface area (Å²) in [6.45, 7) is 2.39. The molecule has 0 radical (unpaired) electrons. The van der Waals surface area contributed by atoms with Gasteiger partial charge >= 0.3 is 6.18 Å². The second-order valence-electron chi connectivity index (χ2n) is 4.78. The van der Waals surface area contributed by atoms with E-state index in [-0.39, 0.29) is 25.7 Å². The summed E-state index contributed by atoms with van der Waals surface area (Å²) in [4.78, 5) is 0. The number of alkyl halides is 3. The molecule has 0 amide bonds. The van der Waals surface area contributed by atoms with Gasteiger partial charge in [-0.25, -0.2) is 4.68 Å². The normalized spacial score (nSPS) is 29.5. The topological polar surface area (TPSA) is 50.9 Å². The molecular formula is C11H16F3N3O. The van der Waals surface area contributed by atoms with Crippen LogP contribution >= 0.6 is 0 Å². The first-order valence-corrected chi connectivity index (χ1v) is 6.05. The highest BCUT2D eigenvalue weighted by molar-refractivity contribution is 5.10. The molecule has 1 saturated carbocycles. The molecule has 1 aliphatic rings. The van der Waals surface area contributed by atoms with Crippen molar-refractivity contribution in [2.75, 3.05) is 0 Å². The van der Waals surface area contributed by atoms with Crippen molar-refractivity contribution >= 4 is 0 Å². The van der Waals surface area contributed by atoms with Crippen molar-refractivity contribution in [2.45, 2.75) is 50.9 Å². The molecule has 0 unspecified atom stereocenters. The number of aryl methyl sites for hydroxylation is 1. The second-order valence-corrected chi connectivity index (χ2v) is 4.78. The van der Waals surface area contributed by atoms with E-state index in [1.54, 1.807) is 0 Å². The SMILES string of the molecule is CCn1nncc1C1(O)CCC(C(F)(F)F)CC1. The molecule has 1 aliphatic carbocycles. The Morgan fingerprint density at radius 3 is 2.56 bits per heavy atom. The van der Waals surface area contributed by atoms with Gasteiger partial charge in [0.1, 0.15) is 5.60 Å². The van der Waals surface area contributed by atoms with E-state index in [4.69, 9.17) is 0 Å². The highest BCUT2D eigenvalue weighted by Gasteiger charge is 2.46. The van der Waals surface area contributed by atoms with Crippen LogP contribution < -0.4 is 0 Å². The van der Waals surface area contributed by atoms with E-state index < -0.39 is 17.7 Å². The molecule has 1 aromatic rings. The van der Waals surface area contributed by atoms with Crippen molar-refractivity contribution in [3.8, 4) is 0 Å². The number of aliphatic hydroxyl groups is 1. The first-order chi connectivity index (χ1) is 8.37. The smallest absolute Gasteiger partial charge is 0.384 e. The first kappa shape index (κ1) is 13.3. The highest BCUT2D eigenvalue weighted by Crippen LogP contribution is 2.44. The van der Waals surface area contributed by atoms with Crippen molar-refractivity contribution < 1.29 is 18.3 Å². The number of rotatable bonds is 2. The lowest BCUT2D eigenvalue weighted by molar-refractivity contribution is -0.193. The van der Waals surface area contributed by atoms with E-state index in [0.717, 1.165) is 0 Å². The van der Waals surface area contributed by atoms with Gasteiger partial charge in [0.05, 0.1) is 17.8 Å². The maximum atomic E-state index is 12.6. The summed E-state index contributed by atoms with van der Waals surface area (Å²) in [5.74, 6) is -1.30. The number of halogens is 3. The molecule has 0 aromatic carbocycles. The van der Waals surface area contributed by atoms with Crippen molar-refractivity contribution in [1.82, 2.24) is 15.0 Å². The van der Waals surface area contributed by atoms with E-state index >= 15 is 0 Å². The van der Waals surface area contributed by atoms with Crippen LogP contribution in [0.1, 0.15) is 38.3 Å². The second kappa shape index (κ2) is 4.53. The van der Waals surface area contributed by atoms with Gasteiger partial charge in [-0.2, -0.15) is 13.2 Å². The zero-order valence-electron chi connectivity index (χ0n) is 10.1. The fourth-order valence-corrected chi connectivity index (χ4v) is 2.53. The van der Waals surface area contributed by atoms with Gasteiger partial charge < -0.3 is 5.11 Å². The lowest BCUT2D eigenvalue weighted by Gasteiger charge is -2.36. The Labute approximate surface area is 103 Å². The van der Waals surface area contributed by atoms with Gasteiger partial charge in [-0.3, -0.25) is 0 Å². The monoisotopic (exact) mass is 263 g/mol. The quantitative estimate of drug-likeness (QED) is 0.890. The fourth-order valence-electron chi connectivity index (χ4n) is 2.53. The fraction of sp³-hybridized carbons (Fsp3) is 0.818. The Balaban J connectivity index is 2.12. The summed E-state index contributed by atoms with van der Waals surface area (Å²) in [6, 6.07) is 0. The van der Waals surface area contributed by atoms with Crippen LogP contribution in [0.5, 0.6) is 0 Å². The minimum Gasteiger partial charge on any atom is -0.384 e. The summed E-state index contributed by atoms with van der Waals surface area (Å²) in [5.41, 5.74) is -0.702. The van der Waals surface area contributed by atoms with Crippen LogP contribution in [0, 0.1) is 5.92 Å². The van der Waals surface area contributed by atoms with Gasteiger partial charge in [-0.15, -0.1) is 5.10 Å². The average Bonchev–Trinajstić information content (AvgIpc) is 2.77. The molecule has 1 fully saturated rings. The van der Waals surface area contributed by atoms with Gasteiger partial charge in [0.2, 0.25) is 0 Å². The summed E-state index contributed by atoms with van der Waals surface area (Å²) in [7, 11) is 0. The third-order valence-corrected chi connectivity index (χ3v) is 3.67. The molecular weight excluding hydrogens is 247 g/mol. The van der Waals surface area contributed by atoms with Crippen LogP contribution in [-0.2, 0) is 12.1 Å². The average molecular weight is 263 g/mol. The number of nitrogens with zero attached hydrogens (tertiary/aromatic N) is 3. The van der Waals surface area contributed by atoms with Crippen LogP contribution in [0.2, 0.25) is 0 Å². The van der Waals surface area contributed by atoms with Gasteiger partial charge in [0.25, 0.3) is 0 Å². The molecule has 0 saturated heterocycles. The van der Waals surface area contributed by atoms with E-state index in [1.165, 1.54) is 10.9 Å². The van der Waals surface area contributed by atoms with Crippen molar-refractivity contribution in [1.29, 1.82) is 0 Å². The molecule has 102 valence electrons. The molecule has 1 aromatic heterocycles. The Kier molecular flexibility index (Phi) is 3.35. The first-order valence-electron chi connectivity index (χ1n) is 6.05. The Morgan fingerprint density at radius 2 is 2.06 bits per heavy atom. The van der Waals surface area contributed by atoms with Gasteiger partial charge in [0.15, 0.2) is 0 Å². The molecule has 1 heterocycles. The zero-order valence-corrected chi connectivity index (χ0v) is 10.1. The molecule has 0 atom stereocenters. The highest BCUT2D eigenvalue weighted by atomic mass is 19.4. The number of hydrogen-bond donors (Lipinski definition) is 1. The van der Waals surface area contributed by atoms with Crippen molar-refractivity contribution in [2.24, 2.45) is 5.92 Å². The number of hydrogen-bond acceptors (Lipinski definition) is 3. The van der Waals surface area contributed by atoms with Crippen LogP contribution in [0.15, 0.2) is 6.20 Å². The zero-order chi connectivity index (χ0) is 13.4. The Morgan fingerprint density at radius 1 is 1.44 bits per heavy atom. The van der Waals surface area contributed by atoms with E-state index in [2.05, 4.69) is 10.3 Å². The molecule has 4 nitrogen and oxygen atoms in total. The van der Waals surface area contributed by atoms with E-state index in [9.17, 15) is 18.3 Å². The molecule has 7 heteroatoms. The Bertz CT molecular complexity index is 408. The van der Waals surface area contributed by atoms with Gasteiger partial charge in [-0.05, 0) is 32.6 Å². The molecule has 0 bridgehead atoms. The third-order valence-electron chi connectivity index (χ3n) is 3.67. The predicted molar refractivity (Wildman–Crippen MR) is 57.6 cm³/mol. The van der Waals surface area contributed by atoms with E-state index in [1.807, 2.05) is 6.92 Å². The lowest BCUT2D eigenvalue weighted by atomic mass is 9.77. The third kappa shape index (κ3) is 2.36. The minimum absolute atomic E-state index is 0.0467. The molecule has 0 aliphatic heterocycles. The lowest BCUT2D eigenvalue weighted by Crippen LogP contribution is -2.37. The molecule has 18 heavy (non-hydrogen) atoms. The minimum atomic E-state index is -4.16. The van der Waals surface area contributed by atoms with Crippen molar-refractivity contribution in [3.05, 3.63) is 11.9 Å². The van der Waals surface area contributed by atoms with Crippen LogP contribution in [0.3, 0.4) is 0 Å². The summed E-state index contributed by atoms with van der Waals surface area (Å²) < 4.78 is 39.2.